The lowest BCUT2D eigenvalue weighted by Gasteiger charge is -2.11. The largest absolute Gasteiger partial charge is 0.478 e. The van der Waals surface area contributed by atoms with Crippen molar-refractivity contribution in [3.8, 4) is 0 Å². The molecule has 20 heavy (non-hydrogen) atoms. The first-order valence-electron chi connectivity index (χ1n) is 6.67. The number of rotatable bonds is 8. The summed E-state index contributed by atoms with van der Waals surface area (Å²) in [7, 11) is 1.41. The molecular formula is C14H20O6. The zero-order valence-corrected chi connectivity index (χ0v) is 11.6. The van der Waals surface area contributed by atoms with E-state index in [9.17, 15) is 14.4 Å². The monoisotopic (exact) mass is 284 g/mol. The summed E-state index contributed by atoms with van der Waals surface area (Å²) in [5, 5.41) is 18.3. The molecule has 0 heterocycles. The van der Waals surface area contributed by atoms with Crippen LogP contribution in [-0.4, -0.2) is 41.7 Å². The predicted octanol–water partition coefficient (Wildman–Crippen LogP) is 1.64. The van der Waals surface area contributed by atoms with Gasteiger partial charge in [-0.2, -0.15) is 0 Å². The van der Waals surface area contributed by atoms with Gasteiger partial charge in [0, 0.05) is 25.9 Å². The molecule has 0 saturated heterocycles. The molecule has 2 N–H and O–H groups in total. The average molecular weight is 284 g/mol. The van der Waals surface area contributed by atoms with Gasteiger partial charge in [0.15, 0.2) is 0 Å². The number of ketones is 1. The smallest absolute Gasteiger partial charge is 0.332 e. The zero-order chi connectivity index (χ0) is 15.1. The third kappa shape index (κ3) is 4.45. The van der Waals surface area contributed by atoms with Crippen molar-refractivity contribution in [2.75, 3.05) is 13.7 Å². The van der Waals surface area contributed by atoms with E-state index < -0.39 is 11.9 Å². The first kappa shape index (κ1) is 16.4. The van der Waals surface area contributed by atoms with E-state index in [4.69, 9.17) is 14.9 Å². The molecule has 6 heteroatoms. The Morgan fingerprint density at radius 2 is 1.60 bits per heavy atom. The molecule has 0 aromatic carbocycles. The van der Waals surface area contributed by atoms with Crippen molar-refractivity contribution in [3.63, 3.8) is 0 Å². The number of carboxylic acids is 2. The Hall–Kier alpha value is -1.69. The number of Topliss-reactive ketones (excluding diaryl/α,β-unsaturated/α-hetero) is 1. The second-order valence-corrected chi connectivity index (χ2v) is 4.93. The van der Waals surface area contributed by atoms with E-state index in [-0.39, 0.29) is 42.3 Å². The molecule has 0 atom stereocenters. The van der Waals surface area contributed by atoms with Crippen LogP contribution in [0.5, 0.6) is 0 Å². The van der Waals surface area contributed by atoms with Gasteiger partial charge in [0.25, 0.3) is 0 Å². The molecule has 6 nitrogen and oxygen atoms in total. The van der Waals surface area contributed by atoms with Gasteiger partial charge in [0.2, 0.25) is 0 Å². The highest BCUT2D eigenvalue weighted by Crippen LogP contribution is 2.28. The average Bonchev–Trinajstić information content (AvgIpc) is 2.90. The van der Waals surface area contributed by atoms with Crippen molar-refractivity contribution in [1.82, 2.24) is 0 Å². The van der Waals surface area contributed by atoms with Crippen LogP contribution in [-0.2, 0) is 19.1 Å². The van der Waals surface area contributed by atoms with E-state index in [1.54, 1.807) is 0 Å². The molecule has 1 saturated carbocycles. The number of carbonyl (C=O) groups is 3. The van der Waals surface area contributed by atoms with E-state index in [2.05, 4.69) is 0 Å². The summed E-state index contributed by atoms with van der Waals surface area (Å²) < 4.78 is 4.78. The highest BCUT2D eigenvalue weighted by Gasteiger charge is 2.28. The van der Waals surface area contributed by atoms with Gasteiger partial charge in [-0.1, -0.05) is 12.8 Å². The van der Waals surface area contributed by atoms with E-state index in [1.165, 1.54) is 7.11 Å². The Balaban J connectivity index is 2.91. The number of hydrogen-bond acceptors (Lipinski definition) is 4. The molecule has 1 aliphatic carbocycles. The van der Waals surface area contributed by atoms with Crippen LogP contribution in [0.4, 0.5) is 0 Å². The van der Waals surface area contributed by atoms with Crippen LogP contribution in [0.15, 0.2) is 11.1 Å². The maximum Gasteiger partial charge on any atom is 0.332 e. The predicted molar refractivity (Wildman–Crippen MR) is 70.4 cm³/mol. The van der Waals surface area contributed by atoms with Crippen molar-refractivity contribution >= 4 is 17.7 Å². The Kier molecular flexibility index (Phi) is 6.38. The fourth-order valence-electron chi connectivity index (χ4n) is 2.47. The molecule has 0 unspecified atom stereocenters. The molecule has 0 aromatic heterocycles. The summed E-state index contributed by atoms with van der Waals surface area (Å²) in [4.78, 5) is 34.4. The number of carboxylic acid groups (broad SMARTS) is 2. The zero-order valence-electron chi connectivity index (χ0n) is 11.6. The summed E-state index contributed by atoms with van der Waals surface area (Å²) in [5.41, 5.74) is -0.558. The van der Waals surface area contributed by atoms with E-state index in [0.717, 1.165) is 25.7 Å². The van der Waals surface area contributed by atoms with Crippen molar-refractivity contribution in [2.45, 2.75) is 38.5 Å². The highest BCUT2D eigenvalue weighted by molar-refractivity contribution is 6.03. The molecule has 1 aliphatic rings. The molecule has 112 valence electrons. The van der Waals surface area contributed by atoms with Crippen molar-refractivity contribution in [3.05, 3.63) is 11.1 Å². The Morgan fingerprint density at radius 3 is 2.05 bits per heavy atom. The third-order valence-corrected chi connectivity index (χ3v) is 3.60. The van der Waals surface area contributed by atoms with Gasteiger partial charge in [-0.3, -0.25) is 4.79 Å². The summed E-state index contributed by atoms with van der Waals surface area (Å²) >= 11 is 0. The number of methoxy groups -OCH3 is 1. The number of carbonyl (C=O) groups excluding carboxylic acids is 1. The van der Waals surface area contributed by atoms with E-state index in [0.29, 0.717) is 0 Å². The quantitative estimate of drug-likeness (QED) is 0.657. The van der Waals surface area contributed by atoms with Gasteiger partial charge in [0.1, 0.15) is 5.78 Å². The fourth-order valence-corrected chi connectivity index (χ4v) is 2.47. The lowest BCUT2D eigenvalue weighted by atomic mass is 9.93. The summed E-state index contributed by atoms with van der Waals surface area (Å²) in [5.74, 6) is -2.94. The van der Waals surface area contributed by atoms with Crippen LogP contribution in [0, 0.1) is 5.92 Å². The standard InChI is InChI=1S/C14H20O6/c1-20-7-6-10(13(16)17)11(14(18)19)8-12(15)9-4-2-3-5-9/h9H,2-8H2,1H3,(H,16,17)(H,18,19)/b11-10+. The second-order valence-electron chi connectivity index (χ2n) is 4.93. The van der Waals surface area contributed by atoms with Crippen LogP contribution in [0.3, 0.4) is 0 Å². The Morgan fingerprint density at radius 1 is 1.05 bits per heavy atom. The molecular weight excluding hydrogens is 264 g/mol. The van der Waals surface area contributed by atoms with Crippen LogP contribution in [0.1, 0.15) is 38.5 Å². The topological polar surface area (TPSA) is 101 Å². The van der Waals surface area contributed by atoms with Crippen LogP contribution in [0.25, 0.3) is 0 Å². The molecule has 1 rings (SSSR count). The summed E-state index contributed by atoms with van der Waals surface area (Å²) in [6.07, 6.45) is 3.14. The minimum atomic E-state index is -1.34. The second kappa shape index (κ2) is 7.79. The fraction of sp³-hybridized carbons (Fsp3) is 0.643. The van der Waals surface area contributed by atoms with Gasteiger partial charge >= 0.3 is 11.9 Å². The molecule has 0 amide bonds. The lowest BCUT2D eigenvalue weighted by molar-refractivity contribution is -0.136. The number of ether oxygens (including phenoxy) is 1. The molecule has 1 fully saturated rings. The van der Waals surface area contributed by atoms with Gasteiger partial charge in [0.05, 0.1) is 17.8 Å². The molecule has 0 bridgehead atoms. The minimum Gasteiger partial charge on any atom is -0.478 e. The minimum absolute atomic E-state index is 0.0224. The van der Waals surface area contributed by atoms with Crippen LogP contribution >= 0.6 is 0 Å². The first-order valence-corrected chi connectivity index (χ1v) is 6.67. The van der Waals surface area contributed by atoms with Gasteiger partial charge < -0.3 is 14.9 Å². The van der Waals surface area contributed by atoms with Crippen molar-refractivity contribution in [1.29, 1.82) is 0 Å². The normalized spacial score (nSPS) is 16.9. The molecule has 0 spiro atoms. The van der Waals surface area contributed by atoms with Gasteiger partial charge in [-0.05, 0) is 12.8 Å². The summed E-state index contributed by atoms with van der Waals surface area (Å²) in [6, 6.07) is 0. The summed E-state index contributed by atoms with van der Waals surface area (Å²) in [6.45, 7) is 0.107. The van der Waals surface area contributed by atoms with Crippen LogP contribution < -0.4 is 0 Å². The first-order chi connectivity index (χ1) is 9.47. The van der Waals surface area contributed by atoms with Crippen molar-refractivity contribution in [2.24, 2.45) is 5.92 Å². The SMILES string of the molecule is COCC/C(C(=O)O)=C(/CC(=O)C1CCCC1)C(=O)O. The molecule has 0 aliphatic heterocycles. The maximum atomic E-state index is 12.0. The third-order valence-electron chi connectivity index (χ3n) is 3.60. The number of aliphatic carboxylic acids is 2. The van der Waals surface area contributed by atoms with E-state index >= 15 is 0 Å². The highest BCUT2D eigenvalue weighted by atomic mass is 16.5. The molecule has 0 radical (unpaired) electrons. The van der Waals surface area contributed by atoms with Crippen LogP contribution in [0.2, 0.25) is 0 Å². The molecule has 0 aromatic rings. The van der Waals surface area contributed by atoms with Gasteiger partial charge in [-0.15, -0.1) is 0 Å². The van der Waals surface area contributed by atoms with Crippen molar-refractivity contribution < 1.29 is 29.3 Å². The maximum absolute atomic E-state index is 12.0. The lowest BCUT2D eigenvalue weighted by Crippen LogP contribution is -2.19. The van der Waals surface area contributed by atoms with Gasteiger partial charge in [-0.25, -0.2) is 9.59 Å². The number of hydrogen-bond donors (Lipinski definition) is 2. The Labute approximate surface area is 117 Å². The van der Waals surface area contributed by atoms with E-state index in [1.807, 2.05) is 0 Å². The Bertz CT molecular complexity index is 417.